The highest BCUT2D eigenvalue weighted by atomic mass is 19.4. The van der Waals surface area contributed by atoms with Crippen LogP contribution in [0.2, 0.25) is 0 Å². The molecule has 0 fully saturated rings. The van der Waals surface area contributed by atoms with Crippen LogP contribution in [0.5, 0.6) is 0 Å². The minimum atomic E-state index is -7.06. The highest BCUT2D eigenvalue weighted by molar-refractivity contribution is 5.03. The molecule has 0 amide bonds. The van der Waals surface area contributed by atoms with E-state index in [0.717, 1.165) is 0 Å². The number of alkyl halides is 9. The second-order valence-electron chi connectivity index (χ2n) is 2.97. The molecule has 0 aromatic rings. The molecule has 1 atom stereocenters. The van der Waals surface area contributed by atoms with E-state index in [2.05, 4.69) is 0 Å². The smallest absolute Gasteiger partial charge is 0.393 e. The Balaban J connectivity index is 5.55. The summed E-state index contributed by atoms with van der Waals surface area (Å²) in [5, 5.41) is 16.1. The van der Waals surface area contributed by atoms with E-state index in [4.69, 9.17) is 10.2 Å². The summed E-state index contributed by atoms with van der Waals surface area (Å²) in [6.45, 7) is -2.11. The maximum absolute atomic E-state index is 12.5. The summed E-state index contributed by atoms with van der Waals surface area (Å²) in [6.07, 6.45) is -10.7. The number of aliphatic hydroxyl groups is 2. The van der Waals surface area contributed by atoms with Gasteiger partial charge in [0.1, 0.15) is 6.10 Å². The molecule has 0 saturated carbocycles. The van der Waals surface area contributed by atoms with E-state index in [0.29, 0.717) is 0 Å². The van der Waals surface area contributed by atoms with Crippen molar-refractivity contribution in [2.75, 3.05) is 6.61 Å². The van der Waals surface area contributed by atoms with Crippen LogP contribution < -0.4 is 0 Å². The van der Waals surface area contributed by atoms with Gasteiger partial charge in [0.15, 0.2) is 0 Å². The van der Waals surface area contributed by atoms with Crippen molar-refractivity contribution in [3.05, 3.63) is 0 Å². The van der Waals surface area contributed by atoms with Gasteiger partial charge >= 0.3 is 23.9 Å². The largest absolute Gasteiger partial charge is 0.460 e. The topological polar surface area (TPSA) is 40.5 Å². The summed E-state index contributed by atoms with van der Waals surface area (Å²) >= 11 is 0. The normalized spacial score (nSPS) is 17.1. The first kappa shape index (κ1) is 16.3. The molecule has 0 aliphatic heterocycles. The van der Waals surface area contributed by atoms with E-state index in [9.17, 15) is 39.5 Å². The average molecular weight is 280 g/mol. The summed E-state index contributed by atoms with van der Waals surface area (Å²) in [6, 6.07) is 0. The molecule has 104 valence electrons. The Morgan fingerprint density at radius 2 is 1.12 bits per heavy atom. The quantitative estimate of drug-likeness (QED) is 0.771. The van der Waals surface area contributed by atoms with Gasteiger partial charge in [-0.25, -0.2) is 0 Å². The number of halogens is 9. The molecule has 0 aromatic carbocycles. The Labute approximate surface area is 87.6 Å². The van der Waals surface area contributed by atoms with Gasteiger partial charge < -0.3 is 10.2 Å². The summed E-state index contributed by atoms with van der Waals surface area (Å²) in [4.78, 5) is 0. The standard InChI is InChI=1S/C6H5F9O2/c7-3(8,2(17)1-16)4(9,10)5(11,12)6(13,14)15/h2,16-17H,1H2. The maximum atomic E-state index is 12.5. The summed E-state index contributed by atoms with van der Waals surface area (Å²) in [5.74, 6) is -20.1. The van der Waals surface area contributed by atoms with Crippen molar-refractivity contribution < 1.29 is 49.7 Å². The van der Waals surface area contributed by atoms with E-state index in [1.807, 2.05) is 0 Å². The number of hydrogen-bond acceptors (Lipinski definition) is 2. The van der Waals surface area contributed by atoms with Gasteiger partial charge in [-0.3, -0.25) is 0 Å². The zero-order valence-corrected chi connectivity index (χ0v) is 7.58. The van der Waals surface area contributed by atoms with Gasteiger partial charge in [-0.1, -0.05) is 0 Å². The van der Waals surface area contributed by atoms with E-state index in [1.54, 1.807) is 0 Å². The third kappa shape index (κ3) is 2.30. The first-order valence-electron chi connectivity index (χ1n) is 3.72. The van der Waals surface area contributed by atoms with Crippen molar-refractivity contribution in [2.24, 2.45) is 0 Å². The molecule has 17 heavy (non-hydrogen) atoms. The Bertz CT molecular complexity index is 271. The van der Waals surface area contributed by atoms with Crippen molar-refractivity contribution in [3.63, 3.8) is 0 Å². The molecule has 1 unspecified atom stereocenters. The lowest BCUT2D eigenvalue weighted by Crippen LogP contribution is -2.64. The number of hydrogen-bond donors (Lipinski definition) is 2. The summed E-state index contributed by atoms with van der Waals surface area (Å²) in [7, 11) is 0. The highest BCUT2D eigenvalue weighted by Gasteiger charge is 2.82. The van der Waals surface area contributed by atoms with Gasteiger partial charge in [-0.2, -0.15) is 39.5 Å². The summed E-state index contributed by atoms with van der Waals surface area (Å²) < 4.78 is 109. The first-order valence-corrected chi connectivity index (χ1v) is 3.72. The average Bonchev–Trinajstić information content (AvgIpc) is 2.13. The Morgan fingerprint density at radius 1 is 0.765 bits per heavy atom. The fraction of sp³-hybridized carbons (Fsp3) is 1.00. The fourth-order valence-electron chi connectivity index (χ4n) is 0.711. The fourth-order valence-corrected chi connectivity index (χ4v) is 0.711. The zero-order valence-electron chi connectivity index (χ0n) is 7.58. The van der Waals surface area contributed by atoms with Crippen LogP contribution >= 0.6 is 0 Å². The van der Waals surface area contributed by atoms with Crippen LogP contribution in [0.4, 0.5) is 39.5 Å². The maximum Gasteiger partial charge on any atom is 0.460 e. The third-order valence-corrected chi connectivity index (χ3v) is 1.76. The lowest BCUT2D eigenvalue weighted by molar-refractivity contribution is -0.406. The van der Waals surface area contributed by atoms with Gasteiger partial charge in [0.05, 0.1) is 6.61 Å². The van der Waals surface area contributed by atoms with E-state index in [1.165, 1.54) is 0 Å². The van der Waals surface area contributed by atoms with Crippen molar-refractivity contribution >= 4 is 0 Å². The van der Waals surface area contributed by atoms with Crippen molar-refractivity contribution in [2.45, 2.75) is 30.0 Å². The predicted octanol–water partition coefficient (Wildman–Crippen LogP) is 1.81. The van der Waals surface area contributed by atoms with Crippen LogP contribution in [0.1, 0.15) is 0 Å². The molecule has 2 N–H and O–H groups in total. The van der Waals surface area contributed by atoms with E-state index >= 15 is 0 Å². The van der Waals surface area contributed by atoms with Gasteiger partial charge in [-0.05, 0) is 0 Å². The van der Waals surface area contributed by atoms with Gasteiger partial charge in [-0.15, -0.1) is 0 Å². The molecule has 0 bridgehead atoms. The van der Waals surface area contributed by atoms with Crippen LogP contribution in [-0.4, -0.2) is 46.9 Å². The Kier molecular flexibility index (Phi) is 4.02. The Morgan fingerprint density at radius 3 is 1.35 bits per heavy atom. The summed E-state index contributed by atoms with van der Waals surface area (Å²) in [5.41, 5.74) is 0. The molecule has 2 nitrogen and oxygen atoms in total. The molecule has 0 aromatic heterocycles. The molecule has 11 heteroatoms. The van der Waals surface area contributed by atoms with Crippen LogP contribution in [0.3, 0.4) is 0 Å². The molecule has 0 aliphatic rings. The Hall–Kier alpha value is -0.710. The SMILES string of the molecule is OCC(O)C(F)(F)C(F)(F)C(F)(F)C(F)(F)F. The molecule has 0 saturated heterocycles. The second-order valence-corrected chi connectivity index (χ2v) is 2.97. The van der Waals surface area contributed by atoms with Gasteiger partial charge in [0.2, 0.25) is 0 Å². The lowest BCUT2D eigenvalue weighted by atomic mass is 9.99. The third-order valence-electron chi connectivity index (χ3n) is 1.76. The molecule has 0 spiro atoms. The van der Waals surface area contributed by atoms with E-state index in [-0.39, 0.29) is 0 Å². The first-order chi connectivity index (χ1) is 7.23. The highest BCUT2D eigenvalue weighted by Crippen LogP contribution is 2.53. The van der Waals surface area contributed by atoms with E-state index < -0.39 is 36.7 Å². The molecular weight excluding hydrogens is 275 g/mol. The second kappa shape index (κ2) is 4.19. The molecule has 0 radical (unpaired) electrons. The van der Waals surface area contributed by atoms with Gasteiger partial charge in [0.25, 0.3) is 0 Å². The van der Waals surface area contributed by atoms with Crippen LogP contribution in [-0.2, 0) is 0 Å². The molecule has 0 aliphatic carbocycles. The monoisotopic (exact) mass is 280 g/mol. The lowest BCUT2D eigenvalue weighted by Gasteiger charge is -2.35. The minimum absolute atomic E-state index is 2.11. The van der Waals surface area contributed by atoms with Crippen LogP contribution in [0.15, 0.2) is 0 Å². The van der Waals surface area contributed by atoms with Crippen LogP contribution in [0, 0.1) is 0 Å². The van der Waals surface area contributed by atoms with Crippen molar-refractivity contribution in [3.8, 4) is 0 Å². The van der Waals surface area contributed by atoms with Crippen molar-refractivity contribution in [1.82, 2.24) is 0 Å². The predicted molar refractivity (Wildman–Crippen MR) is 34.0 cm³/mol. The minimum Gasteiger partial charge on any atom is -0.393 e. The molecule has 0 heterocycles. The number of rotatable bonds is 4. The molecule has 0 rings (SSSR count). The van der Waals surface area contributed by atoms with Gasteiger partial charge in [0, 0.05) is 0 Å². The molecular formula is C6H5F9O2. The number of aliphatic hydroxyl groups excluding tert-OH is 2. The van der Waals surface area contributed by atoms with Crippen molar-refractivity contribution in [1.29, 1.82) is 0 Å². The van der Waals surface area contributed by atoms with Crippen LogP contribution in [0.25, 0.3) is 0 Å². The zero-order chi connectivity index (χ0) is 14.3.